The van der Waals surface area contributed by atoms with Crippen LogP contribution in [-0.4, -0.2) is 11.2 Å². The quantitative estimate of drug-likeness (QED) is 0.488. The van der Waals surface area contributed by atoms with Crippen LogP contribution >= 0.6 is 0 Å². The first kappa shape index (κ1) is 21.0. The normalized spacial score (nSPS) is 46.5. The summed E-state index contributed by atoms with van der Waals surface area (Å²) in [5.74, 6) is 4.63. The topological polar surface area (TPSA) is 20.2 Å². The zero-order valence-corrected chi connectivity index (χ0v) is 19.3. The van der Waals surface area contributed by atoms with E-state index in [4.69, 9.17) is 0 Å². The van der Waals surface area contributed by atoms with Gasteiger partial charge in [0.1, 0.15) is 0 Å². The van der Waals surface area contributed by atoms with E-state index in [-0.39, 0.29) is 6.10 Å². The molecule has 28 heavy (non-hydrogen) atoms. The Balaban J connectivity index is 1.52. The second-order valence-corrected chi connectivity index (χ2v) is 12.1. The van der Waals surface area contributed by atoms with Gasteiger partial charge in [0.2, 0.25) is 0 Å². The van der Waals surface area contributed by atoms with Crippen molar-refractivity contribution < 1.29 is 5.11 Å². The summed E-state index contributed by atoms with van der Waals surface area (Å²) in [5, 5.41) is 11.3. The van der Waals surface area contributed by atoms with Crippen molar-refractivity contribution in [2.45, 2.75) is 111 Å². The van der Waals surface area contributed by atoms with Crippen LogP contribution in [0.15, 0.2) is 11.6 Å². The van der Waals surface area contributed by atoms with E-state index in [1.165, 1.54) is 64.2 Å². The highest BCUT2D eigenvalue weighted by atomic mass is 16.3. The van der Waals surface area contributed by atoms with Crippen molar-refractivity contribution in [3.63, 3.8) is 0 Å². The van der Waals surface area contributed by atoms with Gasteiger partial charge in [0.15, 0.2) is 0 Å². The minimum absolute atomic E-state index is 0.0814. The van der Waals surface area contributed by atoms with Crippen LogP contribution in [0.25, 0.3) is 0 Å². The van der Waals surface area contributed by atoms with Crippen molar-refractivity contribution in [3.8, 4) is 0 Å². The number of aliphatic hydroxyl groups is 1. The number of aliphatic hydroxyl groups excluding tert-OH is 1. The third-order valence-corrected chi connectivity index (χ3v) is 10.3. The highest BCUT2D eigenvalue weighted by molar-refractivity contribution is 5.25. The van der Waals surface area contributed by atoms with Crippen LogP contribution in [0.5, 0.6) is 0 Å². The highest BCUT2D eigenvalue weighted by Gasteiger charge is 2.61. The van der Waals surface area contributed by atoms with Crippen LogP contribution in [0.3, 0.4) is 0 Å². The van der Waals surface area contributed by atoms with Crippen LogP contribution in [0.1, 0.15) is 105 Å². The number of hydrogen-bond donors (Lipinski definition) is 1. The third kappa shape index (κ3) is 3.32. The van der Waals surface area contributed by atoms with Crippen molar-refractivity contribution in [2.24, 2.45) is 46.3 Å². The molecule has 4 aliphatic rings. The Morgan fingerprint density at radius 1 is 1.04 bits per heavy atom. The van der Waals surface area contributed by atoms with E-state index in [2.05, 4.69) is 40.7 Å². The Kier molecular flexibility index (Phi) is 5.80. The lowest BCUT2D eigenvalue weighted by atomic mass is 9.46. The summed E-state index contributed by atoms with van der Waals surface area (Å²) in [6, 6.07) is 0. The van der Waals surface area contributed by atoms with Gasteiger partial charge < -0.3 is 5.11 Å². The van der Waals surface area contributed by atoms with E-state index in [1.807, 2.05) is 0 Å². The average molecular weight is 387 g/mol. The van der Waals surface area contributed by atoms with E-state index in [9.17, 15) is 5.11 Å². The Hall–Kier alpha value is -0.300. The first-order chi connectivity index (χ1) is 13.3. The summed E-state index contributed by atoms with van der Waals surface area (Å²) < 4.78 is 0. The molecule has 8 atom stereocenters. The molecule has 1 N–H and O–H groups in total. The number of hydrogen-bond acceptors (Lipinski definition) is 1. The zero-order chi connectivity index (χ0) is 20.1. The van der Waals surface area contributed by atoms with Gasteiger partial charge in [-0.15, -0.1) is 0 Å². The van der Waals surface area contributed by atoms with Crippen molar-refractivity contribution in [2.75, 3.05) is 0 Å². The van der Waals surface area contributed by atoms with Gasteiger partial charge in [-0.1, -0.05) is 65.5 Å². The van der Waals surface area contributed by atoms with Gasteiger partial charge >= 0.3 is 0 Å². The summed E-state index contributed by atoms with van der Waals surface area (Å²) in [5.41, 5.74) is 2.49. The first-order valence-electron chi connectivity index (χ1n) is 12.6. The molecule has 0 aromatic carbocycles. The molecule has 0 bridgehead atoms. The smallest absolute Gasteiger partial charge is 0.0611 e. The Bertz CT molecular complexity index is 591. The predicted octanol–water partition coefficient (Wildman–Crippen LogP) is 7.39. The van der Waals surface area contributed by atoms with E-state index in [1.54, 1.807) is 5.57 Å². The van der Waals surface area contributed by atoms with E-state index < -0.39 is 0 Å². The maximum Gasteiger partial charge on any atom is 0.0611 e. The lowest BCUT2D eigenvalue weighted by Crippen LogP contribution is -2.55. The number of rotatable bonds is 5. The fourth-order valence-electron chi connectivity index (χ4n) is 8.74. The number of fused-ring (bicyclic) bond motifs is 5. The zero-order valence-electron chi connectivity index (χ0n) is 19.3. The van der Waals surface area contributed by atoms with Crippen LogP contribution in [-0.2, 0) is 0 Å². The Morgan fingerprint density at radius 3 is 2.57 bits per heavy atom. The summed E-state index contributed by atoms with van der Waals surface area (Å²) in [4.78, 5) is 0. The summed E-state index contributed by atoms with van der Waals surface area (Å²) in [6.07, 6.45) is 17.1. The summed E-state index contributed by atoms with van der Waals surface area (Å²) in [6.45, 7) is 12.5. The summed E-state index contributed by atoms with van der Waals surface area (Å²) in [7, 11) is 0. The Labute approximate surface area is 174 Å². The van der Waals surface area contributed by atoms with Gasteiger partial charge in [-0.05, 0) is 97.7 Å². The monoisotopic (exact) mass is 386 g/mol. The second kappa shape index (κ2) is 7.75. The minimum atomic E-state index is -0.0814. The molecule has 3 saturated carbocycles. The highest BCUT2D eigenvalue weighted by Crippen LogP contribution is 2.67. The second-order valence-electron chi connectivity index (χ2n) is 12.1. The van der Waals surface area contributed by atoms with Crippen molar-refractivity contribution in [1.82, 2.24) is 0 Å². The lowest BCUT2D eigenvalue weighted by Gasteiger charge is -2.60. The van der Waals surface area contributed by atoms with E-state index in [0.717, 1.165) is 36.0 Å². The molecule has 0 amide bonds. The molecule has 1 heteroatoms. The maximum atomic E-state index is 11.3. The molecule has 4 aliphatic carbocycles. The SMILES string of the molecule is CC(C)CCC[C@@H](C)[C@H]1CC[C@H]2[C@@H]3C(O)CC4=CCCC[C@]4(C)[C@H]3CC[C@]12C. The van der Waals surface area contributed by atoms with Crippen molar-refractivity contribution >= 4 is 0 Å². The molecule has 0 aliphatic heterocycles. The van der Waals surface area contributed by atoms with Gasteiger partial charge in [0, 0.05) is 0 Å². The fourth-order valence-corrected chi connectivity index (χ4v) is 8.74. The summed E-state index contributed by atoms with van der Waals surface area (Å²) >= 11 is 0. The molecule has 3 fully saturated rings. The standard InChI is InChI=1S/C27H46O/c1-18(2)9-8-10-19(3)21-12-13-22-25-23(14-16-27(21,22)5)26(4)15-7-6-11-20(26)17-24(25)28/h11,18-19,21-25,28H,6-10,12-17H2,1-5H3/t19-,21-,22+,23+,24?,25+,26+,27-/m1/s1. The van der Waals surface area contributed by atoms with Crippen LogP contribution < -0.4 is 0 Å². The van der Waals surface area contributed by atoms with Gasteiger partial charge in [-0.3, -0.25) is 0 Å². The molecular formula is C27H46O. The van der Waals surface area contributed by atoms with Gasteiger partial charge in [-0.2, -0.15) is 0 Å². The number of allylic oxidation sites excluding steroid dienone is 1. The molecule has 160 valence electrons. The van der Waals surface area contributed by atoms with Gasteiger partial charge in [0.05, 0.1) is 6.10 Å². The van der Waals surface area contributed by atoms with Gasteiger partial charge in [0.25, 0.3) is 0 Å². The fraction of sp³-hybridized carbons (Fsp3) is 0.926. The molecular weight excluding hydrogens is 340 g/mol. The molecule has 1 nitrogen and oxygen atoms in total. The van der Waals surface area contributed by atoms with Crippen molar-refractivity contribution in [3.05, 3.63) is 11.6 Å². The predicted molar refractivity (Wildman–Crippen MR) is 119 cm³/mol. The molecule has 0 spiro atoms. The van der Waals surface area contributed by atoms with E-state index >= 15 is 0 Å². The molecule has 0 saturated heterocycles. The third-order valence-electron chi connectivity index (χ3n) is 10.3. The Morgan fingerprint density at radius 2 is 1.82 bits per heavy atom. The van der Waals surface area contributed by atoms with Crippen LogP contribution in [0.4, 0.5) is 0 Å². The molecule has 0 radical (unpaired) electrons. The lowest BCUT2D eigenvalue weighted by molar-refractivity contribution is -0.112. The molecule has 0 aromatic heterocycles. The molecule has 4 rings (SSSR count). The minimum Gasteiger partial charge on any atom is -0.392 e. The van der Waals surface area contributed by atoms with Crippen LogP contribution in [0, 0.1) is 46.3 Å². The first-order valence-corrected chi connectivity index (χ1v) is 12.6. The molecule has 0 aromatic rings. The largest absolute Gasteiger partial charge is 0.392 e. The molecule has 1 unspecified atom stereocenters. The molecule has 0 heterocycles. The van der Waals surface area contributed by atoms with E-state index in [0.29, 0.717) is 16.7 Å². The van der Waals surface area contributed by atoms with Crippen LogP contribution in [0.2, 0.25) is 0 Å². The van der Waals surface area contributed by atoms with Gasteiger partial charge in [-0.25, -0.2) is 0 Å². The average Bonchev–Trinajstić information content (AvgIpc) is 2.99. The van der Waals surface area contributed by atoms with Crippen molar-refractivity contribution in [1.29, 1.82) is 0 Å². The maximum absolute atomic E-state index is 11.3.